The zero-order chi connectivity index (χ0) is 21.4. The Morgan fingerprint density at radius 1 is 1.03 bits per heavy atom. The van der Waals surface area contributed by atoms with Gasteiger partial charge >= 0.3 is 0 Å². The van der Waals surface area contributed by atoms with Crippen molar-refractivity contribution in [3.63, 3.8) is 0 Å². The molecule has 0 bridgehead atoms. The van der Waals surface area contributed by atoms with Crippen LogP contribution in [0.3, 0.4) is 0 Å². The minimum Gasteiger partial charge on any atom is -0.353 e. The zero-order valence-electron chi connectivity index (χ0n) is 17.4. The zero-order valence-corrected chi connectivity index (χ0v) is 18.2. The molecule has 2 amide bonds. The smallest absolute Gasteiger partial charge is 0.234 e. The van der Waals surface area contributed by atoms with Crippen LogP contribution in [0.4, 0.5) is 10.1 Å². The number of carbonyl (C=O) groups is 2. The highest BCUT2D eigenvalue weighted by molar-refractivity contribution is 8.01. The Balaban J connectivity index is 1.77. The molecule has 2 unspecified atom stereocenters. The van der Waals surface area contributed by atoms with Crippen LogP contribution in [0.2, 0.25) is 0 Å². The van der Waals surface area contributed by atoms with Crippen LogP contribution in [-0.2, 0) is 15.0 Å². The van der Waals surface area contributed by atoms with Crippen LogP contribution in [-0.4, -0.2) is 28.9 Å². The lowest BCUT2D eigenvalue weighted by Gasteiger charge is -2.29. The molecule has 0 aliphatic carbocycles. The maximum Gasteiger partial charge on any atom is 0.234 e. The van der Waals surface area contributed by atoms with Gasteiger partial charge in [0.25, 0.3) is 0 Å². The fourth-order valence-electron chi connectivity index (χ4n) is 3.19. The normalized spacial score (nSPS) is 13.4. The van der Waals surface area contributed by atoms with E-state index in [1.54, 1.807) is 6.92 Å². The molecule has 0 fully saturated rings. The third-order valence-corrected chi connectivity index (χ3v) is 5.86. The first-order chi connectivity index (χ1) is 13.7. The number of hydrogen-bond donors (Lipinski definition) is 2. The van der Waals surface area contributed by atoms with Crippen molar-refractivity contribution in [1.29, 1.82) is 0 Å². The van der Waals surface area contributed by atoms with E-state index in [0.717, 1.165) is 6.42 Å². The Kier molecular flexibility index (Phi) is 8.26. The van der Waals surface area contributed by atoms with Crippen molar-refractivity contribution in [2.24, 2.45) is 0 Å². The second-order valence-corrected chi connectivity index (χ2v) is 9.20. The second kappa shape index (κ2) is 10.4. The molecule has 0 heterocycles. The Hall–Kier alpha value is -2.34. The Labute approximate surface area is 176 Å². The van der Waals surface area contributed by atoms with E-state index >= 15 is 0 Å². The predicted molar refractivity (Wildman–Crippen MR) is 119 cm³/mol. The first-order valence-corrected chi connectivity index (χ1v) is 10.7. The molecule has 2 aromatic carbocycles. The summed E-state index contributed by atoms with van der Waals surface area (Å²) in [5.74, 6) is -0.511. The largest absolute Gasteiger partial charge is 0.353 e. The number of amides is 2. The number of benzene rings is 2. The fraction of sp³-hybridized carbons (Fsp3) is 0.391. The van der Waals surface area contributed by atoms with Crippen LogP contribution in [0.25, 0.3) is 0 Å². The molecule has 2 rings (SSSR count). The maximum atomic E-state index is 12.9. The first-order valence-electron chi connectivity index (χ1n) is 9.70. The molecule has 2 N–H and O–H groups in total. The molecule has 0 saturated carbocycles. The number of halogens is 1. The van der Waals surface area contributed by atoms with Crippen LogP contribution < -0.4 is 10.6 Å². The summed E-state index contributed by atoms with van der Waals surface area (Å²) in [7, 11) is 0. The summed E-state index contributed by atoms with van der Waals surface area (Å²) in [4.78, 5) is 24.5. The highest BCUT2D eigenvalue weighted by Gasteiger charge is 2.25. The SMILES string of the molecule is CC(CC(C)(C)c1ccccc1)NC(=O)C(C)SCC(=O)Nc1ccc(F)cc1. The minimum atomic E-state index is -0.354. The lowest BCUT2D eigenvalue weighted by Crippen LogP contribution is -2.41. The summed E-state index contributed by atoms with van der Waals surface area (Å²) in [6.45, 7) is 8.13. The van der Waals surface area contributed by atoms with Gasteiger partial charge in [0.15, 0.2) is 0 Å². The van der Waals surface area contributed by atoms with Crippen molar-refractivity contribution >= 4 is 29.3 Å². The van der Waals surface area contributed by atoms with Crippen molar-refractivity contribution in [3.05, 3.63) is 66.0 Å². The van der Waals surface area contributed by atoms with E-state index in [1.807, 2.05) is 25.1 Å². The maximum absolute atomic E-state index is 12.9. The van der Waals surface area contributed by atoms with Gasteiger partial charge < -0.3 is 10.6 Å². The number of thioether (sulfide) groups is 1. The minimum absolute atomic E-state index is 0.00815. The highest BCUT2D eigenvalue weighted by Crippen LogP contribution is 2.28. The average molecular weight is 417 g/mol. The molecule has 2 aromatic rings. The van der Waals surface area contributed by atoms with Gasteiger partial charge in [-0.25, -0.2) is 4.39 Å². The average Bonchev–Trinajstić information content (AvgIpc) is 2.68. The van der Waals surface area contributed by atoms with E-state index in [0.29, 0.717) is 5.69 Å². The van der Waals surface area contributed by atoms with E-state index in [2.05, 4.69) is 36.6 Å². The highest BCUT2D eigenvalue weighted by atomic mass is 32.2. The molecular weight excluding hydrogens is 387 g/mol. The number of nitrogens with one attached hydrogen (secondary N) is 2. The van der Waals surface area contributed by atoms with Crippen molar-refractivity contribution < 1.29 is 14.0 Å². The summed E-state index contributed by atoms with van der Waals surface area (Å²) < 4.78 is 12.9. The van der Waals surface area contributed by atoms with Gasteiger partial charge in [-0.1, -0.05) is 44.2 Å². The van der Waals surface area contributed by atoms with Crippen LogP contribution in [0.15, 0.2) is 54.6 Å². The van der Waals surface area contributed by atoms with Crippen molar-refractivity contribution in [1.82, 2.24) is 5.32 Å². The van der Waals surface area contributed by atoms with Gasteiger partial charge in [-0.15, -0.1) is 11.8 Å². The molecule has 156 valence electrons. The van der Waals surface area contributed by atoms with E-state index in [1.165, 1.54) is 41.6 Å². The van der Waals surface area contributed by atoms with Crippen LogP contribution >= 0.6 is 11.8 Å². The number of carbonyl (C=O) groups excluding carboxylic acids is 2. The summed E-state index contributed by atoms with van der Waals surface area (Å²) in [6.07, 6.45) is 0.811. The van der Waals surface area contributed by atoms with E-state index in [9.17, 15) is 14.0 Å². The standard InChI is InChI=1S/C23H29FN2O2S/c1-16(14-23(3,4)18-8-6-5-7-9-18)25-22(28)17(2)29-15-21(27)26-20-12-10-19(24)11-13-20/h5-13,16-17H,14-15H2,1-4H3,(H,25,28)(H,26,27). The summed E-state index contributed by atoms with van der Waals surface area (Å²) in [5.41, 5.74) is 1.71. The van der Waals surface area contributed by atoms with Crippen LogP contribution in [0.5, 0.6) is 0 Å². The summed E-state index contributed by atoms with van der Waals surface area (Å²) >= 11 is 1.27. The first kappa shape index (κ1) is 22.9. The molecular formula is C23H29FN2O2S. The number of anilines is 1. The number of rotatable bonds is 9. The second-order valence-electron chi connectivity index (χ2n) is 7.87. The lowest BCUT2D eigenvalue weighted by molar-refractivity contribution is -0.121. The van der Waals surface area contributed by atoms with Crippen LogP contribution in [0, 0.1) is 5.82 Å². The van der Waals surface area contributed by atoms with Gasteiger partial charge in [-0.3, -0.25) is 9.59 Å². The van der Waals surface area contributed by atoms with Gasteiger partial charge in [0.2, 0.25) is 11.8 Å². The molecule has 6 heteroatoms. The Bertz CT molecular complexity index is 809. The molecule has 0 aliphatic heterocycles. The van der Waals surface area contributed by atoms with Crippen molar-refractivity contribution in [2.75, 3.05) is 11.1 Å². The quantitative estimate of drug-likeness (QED) is 0.620. The van der Waals surface area contributed by atoms with Gasteiger partial charge in [-0.05, 0) is 55.5 Å². The molecule has 0 aliphatic rings. The van der Waals surface area contributed by atoms with Crippen molar-refractivity contribution in [2.45, 2.75) is 50.8 Å². The van der Waals surface area contributed by atoms with E-state index in [4.69, 9.17) is 0 Å². The summed E-state index contributed by atoms with van der Waals surface area (Å²) in [5, 5.41) is 5.40. The molecule has 0 saturated heterocycles. The molecule has 4 nitrogen and oxygen atoms in total. The van der Waals surface area contributed by atoms with E-state index in [-0.39, 0.29) is 40.1 Å². The third-order valence-electron chi connectivity index (χ3n) is 4.72. The monoisotopic (exact) mass is 416 g/mol. The molecule has 0 aromatic heterocycles. The van der Waals surface area contributed by atoms with Crippen LogP contribution in [0.1, 0.15) is 39.7 Å². The Morgan fingerprint density at radius 2 is 1.66 bits per heavy atom. The lowest BCUT2D eigenvalue weighted by atomic mass is 9.79. The molecule has 0 radical (unpaired) electrons. The predicted octanol–water partition coefficient (Wildman–Crippen LogP) is 4.76. The topological polar surface area (TPSA) is 58.2 Å². The Morgan fingerprint density at radius 3 is 2.28 bits per heavy atom. The summed E-state index contributed by atoms with van der Waals surface area (Å²) in [6, 6.07) is 15.8. The van der Waals surface area contributed by atoms with Gasteiger partial charge in [0.1, 0.15) is 5.82 Å². The van der Waals surface area contributed by atoms with Gasteiger partial charge in [-0.2, -0.15) is 0 Å². The molecule has 2 atom stereocenters. The van der Waals surface area contributed by atoms with Crippen molar-refractivity contribution in [3.8, 4) is 0 Å². The fourth-order valence-corrected chi connectivity index (χ4v) is 3.88. The third kappa shape index (κ3) is 7.54. The molecule has 29 heavy (non-hydrogen) atoms. The molecule has 0 spiro atoms. The van der Waals surface area contributed by atoms with E-state index < -0.39 is 0 Å². The van der Waals surface area contributed by atoms with Gasteiger partial charge in [0.05, 0.1) is 11.0 Å². The number of hydrogen-bond acceptors (Lipinski definition) is 3. The van der Waals surface area contributed by atoms with Gasteiger partial charge in [0, 0.05) is 11.7 Å².